The number of carbonyl (C=O) groups is 1. The van der Waals surface area contributed by atoms with E-state index in [4.69, 9.17) is 4.74 Å². The Balaban J connectivity index is 1.67. The van der Waals surface area contributed by atoms with Crippen LogP contribution in [0.4, 0.5) is 0 Å². The number of nitrogens with zero attached hydrogens (tertiary/aromatic N) is 2. The summed E-state index contributed by atoms with van der Waals surface area (Å²) in [5.41, 5.74) is 7.33. The van der Waals surface area contributed by atoms with Crippen LogP contribution < -0.4 is 5.56 Å². The van der Waals surface area contributed by atoms with Crippen LogP contribution in [0.2, 0.25) is 0 Å². The Labute approximate surface area is 191 Å². The summed E-state index contributed by atoms with van der Waals surface area (Å²) >= 11 is 0. The summed E-state index contributed by atoms with van der Waals surface area (Å²) in [6, 6.07) is 19.8. The first-order valence-corrected chi connectivity index (χ1v) is 11.2. The largest absolute Gasteiger partial charge is 0.461 e. The maximum Gasteiger partial charge on any atom is 0.359 e. The van der Waals surface area contributed by atoms with E-state index in [0.29, 0.717) is 30.6 Å². The van der Waals surface area contributed by atoms with E-state index in [2.05, 4.69) is 16.1 Å². The molecule has 6 nitrogen and oxygen atoms in total. The molecule has 0 aliphatic heterocycles. The molecule has 2 aromatic carbocycles. The number of fused-ring (bicyclic) bond motifs is 3. The summed E-state index contributed by atoms with van der Waals surface area (Å²) < 4.78 is 7.10. The van der Waals surface area contributed by atoms with Crippen LogP contribution in [0.15, 0.2) is 65.5 Å². The summed E-state index contributed by atoms with van der Waals surface area (Å²) in [6.07, 6.45) is 1.37. The van der Waals surface area contributed by atoms with Gasteiger partial charge in [-0.2, -0.15) is 5.10 Å². The van der Waals surface area contributed by atoms with Gasteiger partial charge in [0.2, 0.25) is 0 Å². The van der Waals surface area contributed by atoms with Gasteiger partial charge >= 0.3 is 5.97 Å². The lowest BCUT2D eigenvalue weighted by Crippen LogP contribution is -2.18. The molecule has 1 aliphatic carbocycles. The molecule has 6 heteroatoms. The topological polar surface area (TPSA) is 77.0 Å². The van der Waals surface area contributed by atoms with Gasteiger partial charge in [-0.25, -0.2) is 4.79 Å². The molecule has 1 aliphatic rings. The molecule has 0 unspecified atom stereocenters. The highest BCUT2D eigenvalue weighted by atomic mass is 16.5. The lowest BCUT2D eigenvalue weighted by molar-refractivity contribution is 0.0517. The van der Waals surface area contributed by atoms with Crippen molar-refractivity contribution in [1.29, 1.82) is 0 Å². The third-order valence-corrected chi connectivity index (χ3v) is 6.02. The summed E-state index contributed by atoms with van der Waals surface area (Å²) in [4.78, 5) is 28.9. The molecule has 2 heterocycles. The highest BCUT2D eigenvalue weighted by Crippen LogP contribution is 2.35. The van der Waals surface area contributed by atoms with Gasteiger partial charge in [-0.05, 0) is 49.4 Å². The summed E-state index contributed by atoms with van der Waals surface area (Å²) in [6.45, 7) is 4.60. The second-order valence-electron chi connectivity index (χ2n) is 8.32. The van der Waals surface area contributed by atoms with Crippen molar-refractivity contribution in [2.24, 2.45) is 0 Å². The normalized spacial score (nSPS) is 12.2. The zero-order valence-electron chi connectivity index (χ0n) is 18.7. The van der Waals surface area contributed by atoms with Gasteiger partial charge in [-0.15, -0.1) is 0 Å². The van der Waals surface area contributed by atoms with E-state index in [1.807, 2.05) is 66.2 Å². The van der Waals surface area contributed by atoms with E-state index in [9.17, 15) is 9.59 Å². The second kappa shape index (κ2) is 8.54. The summed E-state index contributed by atoms with van der Waals surface area (Å²) in [5, 5.41) is 4.66. The molecule has 0 bridgehead atoms. The average molecular weight is 440 g/mol. The smallest absolute Gasteiger partial charge is 0.359 e. The number of hydrogen-bond donors (Lipinski definition) is 1. The molecule has 166 valence electrons. The summed E-state index contributed by atoms with van der Waals surface area (Å²) in [5.74, 6) is -0.427. The van der Waals surface area contributed by atoms with Gasteiger partial charge in [0.05, 0.1) is 24.5 Å². The third kappa shape index (κ3) is 3.89. The van der Waals surface area contributed by atoms with Crippen LogP contribution >= 0.6 is 0 Å². The van der Waals surface area contributed by atoms with Gasteiger partial charge < -0.3 is 9.72 Å². The molecule has 0 radical (unpaired) electrons. The number of carbonyl (C=O) groups excluding carboxylic acids is 1. The first-order valence-electron chi connectivity index (χ1n) is 11.2. The van der Waals surface area contributed by atoms with Gasteiger partial charge in [0.1, 0.15) is 0 Å². The number of benzene rings is 2. The van der Waals surface area contributed by atoms with Crippen LogP contribution in [0, 0.1) is 6.92 Å². The van der Waals surface area contributed by atoms with Crippen LogP contribution in [-0.4, -0.2) is 27.3 Å². The predicted octanol–water partition coefficient (Wildman–Crippen LogP) is 4.54. The molecule has 0 fully saturated rings. The van der Waals surface area contributed by atoms with Crippen molar-refractivity contribution in [1.82, 2.24) is 14.8 Å². The Kier molecular flexibility index (Phi) is 5.42. The quantitative estimate of drug-likeness (QED) is 0.463. The molecule has 0 atom stereocenters. The van der Waals surface area contributed by atoms with Crippen molar-refractivity contribution in [2.45, 2.75) is 33.2 Å². The number of aromatic nitrogens is 3. The fourth-order valence-electron chi connectivity index (χ4n) is 4.55. The van der Waals surface area contributed by atoms with Crippen LogP contribution in [-0.2, 0) is 24.1 Å². The maximum atomic E-state index is 13.1. The number of esters is 1. The van der Waals surface area contributed by atoms with Crippen LogP contribution in [0.25, 0.3) is 22.5 Å². The molecule has 1 N–H and O–H groups in total. The van der Waals surface area contributed by atoms with Gasteiger partial charge in [0, 0.05) is 11.1 Å². The number of aromatic amines is 1. The lowest BCUT2D eigenvalue weighted by atomic mass is 9.90. The Hall–Kier alpha value is -3.93. The van der Waals surface area contributed by atoms with Crippen molar-refractivity contribution in [2.75, 3.05) is 6.61 Å². The number of pyridine rings is 1. The second-order valence-corrected chi connectivity index (χ2v) is 8.32. The van der Waals surface area contributed by atoms with Crippen molar-refractivity contribution < 1.29 is 9.53 Å². The van der Waals surface area contributed by atoms with Gasteiger partial charge in [0.25, 0.3) is 5.56 Å². The molecule has 0 spiro atoms. The first kappa shape index (κ1) is 20.9. The number of aryl methyl sites for hydroxylation is 2. The molecule has 5 rings (SSSR count). The minimum Gasteiger partial charge on any atom is -0.461 e. The number of hydrogen-bond acceptors (Lipinski definition) is 4. The van der Waals surface area contributed by atoms with Crippen LogP contribution in [0.3, 0.4) is 0 Å². The molecule has 4 aromatic rings. The van der Waals surface area contributed by atoms with E-state index in [1.165, 1.54) is 0 Å². The van der Waals surface area contributed by atoms with Gasteiger partial charge in [-0.1, -0.05) is 60.2 Å². The minimum atomic E-state index is -0.427. The SMILES string of the molecule is CCOC(=O)c1nn(Cc2cccc(C)c2)c2c1CCc1cc(-c3ccccc3)c(=O)[nH]c1-2. The van der Waals surface area contributed by atoms with E-state index in [0.717, 1.165) is 39.2 Å². The monoisotopic (exact) mass is 439 g/mol. The standard InChI is InChI=1S/C27H25N3O3/c1-3-33-27(32)24-21-13-12-20-15-22(19-10-5-4-6-11-19)26(31)28-23(20)25(21)30(29-24)16-18-9-7-8-17(2)14-18/h4-11,14-15H,3,12-13,16H2,1-2H3,(H,28,31). The third-order valence-electron chi connectivity index (χ3n) is 6.02. The molecule has 0 saturated carbocycles. The molecule has 33 heavy (non-hydrogen) atoms. The zero-order chi connectivity index (χ0) is 22.9. The number of ether oxygens (including phenoxy) is 1. The van der Waals surface area contributed by atoms with Crippen LogP contribution in [0.1, 0.15) is 39.7 Å². The number of nitrogens with one attached hydrogen (secondary N) is 1. The van der Waals surface area contributed by atoms with Crippen molar-refractivity contribution >= 4 is 5.97 Å². The number of rotatable bonds is 5. The van der Waals surface area contributed by atoms with E-state index < -0.39 is 5.97 Å². The van der Waals surface area contributed by atoms with Crippen molar-refractivity contribution in [3.8, 4) is 22.5 Å². The molecular weight excluding hydrogens is 414 g/mol. The Bertz CT molecular complexity index is 1400. The van der Waals surface area contributed by atoms with Crippen LogP contribution in [0.5, 0.6) is 0 Å². The van der Waals surface area contributed by atoms with Crippen molar-refractivity contribution in [3.05, 3.63) is 99.0 Å². The molecule has 0 saturated heterocycles. The zero-order valence-corrected chi connectivity index (χ0v) is 18.7. The fourth-order valence-corrected chi connectivity index (χ4v) is 4.55. The molecule has 2 aromatic heterocycles. The maximum absolute atomic E-state index is 13.1. The Morgan fingerprint density at radius 1 is 1.09 bits per heavy atom. The van der Waals surface area contributed by atoms with E-state index in [-0.39, 0.29) is 12.2 Å². The molecule has 0 amide bonds. The Morgan fingerprint density at radius 2 is 1.91 bits per heavy atom. The fraction of sp³-hybridized carbons (Fsp3) is 0.222. The molecular formula is C27H25N3O3. The predicted molar refractivity (Wildman–Crippen MR) is 127 cm³/mol. The van der Waals surface area contributed by atoms with E-state index in [1.54, 1.807) is 6.92 Å². The highest BCUT2D eigenvalue weighted by Gasteiger charge is 2.30. The number of H-pyrrole nitrogens is 1. The van der Waals surface area contributed by atoms with Gasteiger partial charge in [0.15, 0.2) is 5.69 Å². The first-order chi connectivity index (χ1) is 16.0. The van der Waals surface area contributed by atoms with E-state index >= 15 is 0 Å². The average Bonchev–Trinajstić information content (AvgIpc) is 3.18. The van der Waals surface area contributed by atoms with Crippen molar-refractivity contribution in [3.63, 3.8) is 0 Å². The lowest BCUT2D eigenvalue weighted by Gasteiger charge is -2.19. The van der Waals surface area contributed by atoms with Gasteiger partial charge in [-0.3, -0.25) is 9.48 Å². The minimum absolute atomic E-state index is 0.159. The highest BCUT2D eigenvalue weighted by molar-refractivity contribution is 5.92. The summed E-state index contributed by atoms with van der Waals surface area (Å²) in [7, 11) is 0. The Morgan fingerprint density at radius 3 is 2.67 bits per heavy atom.